The third kappa shape index (κ3) is 8.89. The zero-order valence-corrected chi connectivity index (χ0v) is 20.2. The number of hydrogen-bond donors (Lipinski definition) is 2. The predicted molar refractivity (Wildman–Crippen MR) is 128 cm³/mol. The summed E-state index contributed by atoms with van der Waals surface area (Å²) in [7, 11) is 1.59. The lowest BCUT2D eigenvalue weighted by molar-refractivity contribution is -0.118. The number of hydrogen-bond acceptors (Lipinski definition) is 5. The molecule has 0 radical (unpaired) electrons. The van der Waals surface area contributed by atoms with E-state index in [0.29, 0.717) is 18.0 Å². The minimum atomic E-state index is -0.228. The number of benzene rings is 2. The van der Waals surface area contributed by atoms with Crippen molar-refractivity contribution in [3.8, 4) is 11.5 Å². The Morgan fingerprint density at radius 1 is 1.06 bits per heavy atom. The zero-order chi connectivity index (χ0) is 22.5. The summed E-state index contributed by atoms with van der Waals surface area (Å²) < 4.78 is 17.8. The molecule has 0 aliphatic carbocycles. The van der Waals surface area contributed by atoms with Gasteiger partial charge in [-0.1, -0.05) is 47.0 Å². The molecule has 2 rings (SSSR count). The smallest absolute Gasteiger partial charge is 0.262 e. The van der Waals surface area contributed by atoms with Crippen molar-refractivity contribution in [1.82, 2.24) is 5.32 Å². The molecule has 0 heterocycles. The van der Waals surface area contributed by atoms with Crippen molar-refractivity contribution in [2.45, 2.75) is 39.7 Å². The third-order valence-corrected chi connectivity index (χ3v) is 5.40. The number of unbranched alkanes of at least 4 members (excludes halogenated alkanes) is 1. The average molecular weight is 493 g/mol. The van der Waals surface area contributed by atoms with Gasteiger partial charge in [-0.05, 0) is 50.6 Å². The highest BCUT2D eigenvalue weighted by atomic mass is 79.9. The topological polar surface area (TPSA) is 68.8 Å². The maximum absolute atomic E-state index is 12.4. The number of rotatable bonds is 14. The molecule has 6 nitrogen and oxygen atoms in total. The van der Waals surface area contributed by atoms with Crippen LogP contribution in [0.4, 0.5) is 5.69 Å². The van der Waals surface area contributed by atoms with Crippen LogP contribution in [0.15, 0.2) is 40.9 Å². The van der Waals surface area contributed by atoms with Crippen LogP contribution in [0.3, 0.4) is 0 Å². The van der Waals surface area contributed by atoms with E-state index in [9.17, 15) is 4.79 Å². The molecule has 0 aliphatic heterocycles. The van der Waals surface area contributed by atoms with Crippen molar-refractivity contribution in [2.75, 3.05) is 38.8 Å². The van der Waals surface area contributed by atoms with Gasteiger partial charge in [-0.15, -0.1) is 0 Å². The number of nitrogens with one attached hydrogen (secondary N) is 2. The van der Waals surface area contributed by atoms with Gasteiger partial charge in [0.05, 0.1) is 7.11 Å². The number of ether oxygens (including phenoxy) is 3. The van der Waals surface area contributed by atoms with Crippen LogP contribution in [0.2, 0.25) is 0 Å². The molecule has 0 saturated carbocycles. The molecule has 2 aromatic carbocycles. The third-order valence-electron chi connectivity index (χ3n) is 4.66. The zero-order valence-electron chi connectivity index (χ0n) is 18.6. The first-order valence-electron chi connectivity index (χ1n) is 10.7. The van der Waals surface area contributed by atoms with Gasteiger partial charge in [-0.2, -0.15) is 0 Å². The molecule has 0 atom stereocenters. The quantitative estimate of drug-likeness (QED) is 0.360. The fourth-order valence-corrected chi connectivity index (χ4v) is 3.35. The molecule has 0 aromatic heterocycles. The van der Waals surface area contributed by atoms with E-state index in [1.54, 1.807) is 7.11 Å². The summed E-state index contributed by atoms with van der Waals surface area (Å²) in [5.74, 6) is 0.919. The number of aryl methyl sites for hydroxylation is 1. The van der Waals surface area contributed by atoms with E-state index in [4.69, 9.17) is 14.2 Å². The Morgan fingerprint density at radius 3 is 2.52 bits per heavy atom. The predicted octanol–water partition coefficient (Wildman–Crippen LogP) is 5.08. The first-order valence-corrected chi connectivity index (χ1v) is 11.5. The van der Waals surface area contributed by atoms with Crippen LogP contribution in [-0.2, 0) is 16.1 Å². The summed E-state index contributed by atoms with van der Waals surface area (Å²) in [4.78, 5) is 12.4. The molecule has 170 valence electrons. The van der Waals surface area contributed by atoms with E-state index < -0.39 is 0 Å². The van der Waals surface area contributed by atoms with E-state index in [0.717, 1.165) is 60.3 Å². The van der Waals surface area contributed by atoms with Crippen LogP contribution in [0, 0.1) is 6.92 Å². The maximum Gasteiger partial charge on any atom is 0.262 e. The first-order chi connectivity index (χ1) is 15.0. The fourth-order valence-electron chi connectivity index (χ4n) is 2.90. The molecule has 2 aromatic rings. The molecule has 0 spiro atoms. The van der Waals surface area contributed by atoms with Crippen LogP contribution in [-0.4, -0.2) is 39.4 Å². The molecular formula is C24H33BrN2O4. The highest BCUT2D eigenvalue weighted by molar-refractivity contribution is 9.10. The maximum atomic E-state index is 12.4. The standard InChI is InChI=1S/C24H33BrN2O4/c1-4-5-14-30-15-6-13-26-16-20-21(25)11-12-22(29-3)24(20)31-17-23(28)27-19-9-7-18(2)8-10-19/h7-12,26H,4-6,13-17H2,1-3H3,(H,27,28). The summed E-state index contributed by atoms with van der Waals surface area (Å²) in [6.45, 7) is 7.02. The Labute approximate surface area is 193 Å². The van der Waals surface area contributed by atoms with Gasteiger partial charge in [0.1, 0.15) is 0 Å². The van der Waals surface area contributed by atoms with Crippen molar-refractivity contribution < 1.29 is 19.0 Å². The summed E-state index contributed by atoms with van der Waals surface area (Å²) >= 11 is 3.59. The molecule has 0 unspecified atom stereocenters. The second kappa shape index (κ2) is 14.1. The second-order valence-electron chi connectivity index (χ2n) is 7.26. The van der Waals surface area contributed by atoms with E-state index in [2.05, 4.69) is 33.5 Å². The molecule has 2 N–H and O–H groups in total. The molecule has 1 amide bonds. The SMILES string of the molecule is CCCCOCCCNCc1c(Br)ccc(OC)c1OCC(=O)Nc1ccc(C)cc1. The Bertz CT molecular complexity index is 812. The summed E-state index contributed by atoms with van der Waals surface area (Å²) in [5.41, 5.74) is 2.79. The van der Waals surface area contributed by atoms with Gasteiger partial charge in [0.2, 0.25) is 0 Å². The molecule has 0 fully saturated rings. The normalized spacial score (nSPS) is 10.7. The summed E-state index contributed by atoms with van der Waals surface area (Å²) in [6.07, 6.45) is 3.18. The number of anilines is 1. The van der Waals surface area contributed by atoms with Crippen LogP contribution in [0.1, 0.15) is 37.3 Å². The lowest BCUT2D eigenvalue weighted by Gasteiger charge is -2.17. The molecule has 0 aliphatic rings. The van der Waals surface area contributed by atoms with Crippen LogP contribution >= 0.6 is 15.9 Å². The monoisotopic (exact) mass is 492 g/mol. The molecular weight excluding hydrogens is 460 g/mol. The van der Waals surface area contributed by atoms with Gasteiger partial charge in [-0.3, -0.25) is 4.79 Å². The van der Waals surface area contributed by atoms with E-state index in [1.165, 1.54) is 0 Å². The van der Waals surface area contributed by atoms with Crippen LogP contribution in [0.25, 0.3) is 0 Å². The number of carbonyl (C=O) groups is 1. The van der Waals surface area contributed by atoms with Crippen molar-refractivity contribution in [1.29, 1.82) is 0 Å². The van der Waals surface area contributed by atoms with Gasteiger partial charge in [0, 0.05) is 35.5 Å². The van der Waals surface area contributed by atoms with Crippen molar-refractivity contribution in [3.05, 3.63) is 52.0 Å². The van der Waals surface area contributed by atoms with Gasteiger partial charge < -0.3 is 24.8 Å². The van der Waals surface area contributed by atoms with Crippen LogP contribution in [0.5, 0.6) is 11.5 Å². The van der Waals surface area contributed by atoms with Crippen molar-refractivity contribution in [3.63, 3.8) is 0 Å². The molecule has 0 saturated heterocycles. The molecule has 0 bridgehead atoms. The van der Waals surface area contributed by atoms with Gasteiger partial charge in [-0.25, -0.2) is 0 Å². The average Bonchev–Trinajstić information content (AvgIpc) is 2.77. The van der Waals surface area contributed by atoms with E-state index >= 15 is 0 Å². The number of halogens is 1. The second-order valence-corrected chi connectivity index (χ2v) is 8.11. The minimum Gasteiger partial charge on any atom is -0.493 e. The van der Waals surface area contributed by atoms with Gasteiger partial charge in [0.25, 0.3) is 5.91 Å². The number of carbonyl (C=O) groups excluding carboxylic acids is 1. The van der Waals surface area contributed by atoms with Crippen molar-refractivity contribution in [2.24, 2.45) is 0 Å². The van der Waals surface area contributed by atoms with E-state index in [-0.39, 0.29) is 12.5 Å². The molecule has 31 heavy (non-hydrogen) atoms. The number of methoxy groups -OCH3 is 1. The fraction of sp³-hybridized carbons (Fsp3) is 0.458. The van der Waals surface area contributed by atoms with Crippen molar-refractivity contribution >= 4 is 27.5 Å². The molecule has 7 heteroatoms. The highest BCUT2D eigenvalue weighted by Crippen LogP contribution is 2.36. The Balaban J connectivity index is 1.91. The summed E-state index contributed by atoms with van der Waals surface area (Å²) in [6, 6.07) is 11.4. The Hall–Kier alpha value is -2.09. The van der Waals surface area contributed by atoms with Gasteiger partial charge >= 0.3 is 0 Å². The van der Waals surface area contributed by atoms with E-state index in [1.807, 2.05) is 43.3 Å². The lowest BCUT2D eigenvalue weighted by Crippen LogP contribution is -2.22. The van der Waals surface area contributed by atoms with Crippen LogP contribution < -0.4 is 20.1 Å². The Morgan fingerprint density at radius 2 is 1.81 bits per heavy atom. The highest BCUT2D eigenvalue weighted by Gasteiger charge is 2.16. The van der Waals surface area contributed by atoms with Gasteiger partial charge in [0.15, 0.2) is 18.1 Å². The largest absolute Gasteiger partial charge is 0.493 e. The number of amides is 1. The summed E-state index contributed by atoms with van der Waals surface area (Å²) in [5, 5.41) is 6.26. The first kappa shape index (κ1) is 25.2. The lowest BCUT2D eigenvalue weighted by atomic mass is 10.1. The minimum absolute atomic E-state index is 0.112. The Kier molecular flexibility index (Phi) is 11.4.